The average Bonchev–Trinajstić information content (AvgIpc) is 3.45. The predicted octanol–water partition coefficient (Wildman–Crippen LogP) is 3.06. The zero-order valence-corrected chi connectivity index (χ0v) is 17.5. The van der Waals surface area contributed by atoms with Crippen LogP contribution in [0.3, 0.4) is 0 Å². The third kappa shape index (κ3) is 3.68. The Morgan fingerprint density at radius 1 is 1.37 bits per heavy atom. The van der Waals surface area contributed by atoms with Crippen LogP contribution in [0.4, 0.5) is 5.69 Å². The number of aromatic nitrogens is 1. The maximum atomic E-state index is 12.8. The van der Waals surface area contributed by atoms with Crippen LogP contribution in [0.2, 0.25) is 0 Å². The molecule has 30 heavy (non-hydrogen) atoms. The maximum Gasteiger partial charge on any atom is 0.341 e. The summed E-state index contributed by atoms with van der Waals surface area (Å²) in [7, 11) is 0. The number of carboxylic acids is 1. The molecule has 158 valence electrons. The molecule has 2 aromatic rings. The van der Waals surface area contributed by atoms with Crippen molar-refractivity contribution in [2.24, 2.45) is 5.92 Å². The van der Waals surface area contributed by atoms with Gasteiger partial charge < -0.3 is 19.9 Å². The number of hydrogen-bond acceptors (Lipinski definition) is 5. The van der Waals surface area contributed by atoms with E-state index in [9.17, 15) is 14.7 Å². The lowest BCUT2D eigenvalue weighted by Gasteiger charge is -2.25. The van der Waals surface area contributed by atoms with E-state index in [2.05, 4.69) is 23.2 Å². The van der Waals surface area contributed by atoms with Crippen molar-refractivity contribution in [2.45, 2.75) is 51.6 Å². The summed E-state index contributed by atoms with van der Waals surface area (Å²) in [4.78, 5) is 26.7. The minimum atomic E-state index is -1.17. The lowest BCUT2D eigenvalue weighted by Crippen LogP contribution is -2.35. The van der Waals surface area contributed by atoms with Crippen molar-refractivity contribution in [1.82, 2.24) is 9.88 Å². The number of nitriles is 1. The molecule has 0 amide bonds. The highest BCUT2D eigenvalue weighted by molar-refractivity contribution is 5.95. The van der Waals surface area contributed by atoms with Crippen molar-refractivity contribution in [2.75, 3.05) is 24.5 Å². The molecule has 0 spiro atoms. The van der Waals surface area contributed by atoms with Gasteiger partial charge >= 0.3 is 5.97 Å². The molecule has 1 aliphatic heterocycles. The number of aryl methyl sites for hydroxylation is 1. The highest BCUT2D eigenvalue weighted by Crippen LogP contribution is 2.39. The van der Waals surface area contributed by atoms with E-state index in [-0.39, 0.29) is 11.6 Å². The number of carboxylic acid groups (broad SMARTS) is 1. The number of nitrogens with one attached hydrogen (secondary N) is 1. The van der Waals surface area contributed by atoms with Gasteiger partial charge in [-0.1, -0.05) is 0 Å². The van der Waals surface area contributed by atoms with Gasteiger partial charge in [0, 0.05) is 55.4 Å². The first kappa shape index (κ1) is 20.4. The molecule has 2 unspecified atom stereocenters. The van der Waals surface area contributed by atoms with Gasteiger partial charge in [0.25, 0.3) is 0 Å². The highest BCUT2D eigenvalue weighted by atomic mass is 16.4. The molecule has 2 fully saturated rings. The van der Waals surface area contributed by atoms with Crippen molar-refractivity contribution in [3.8, 4) is 6.07 Å². The fourth-order valence-corrected chi connectivity index (χ4v) is 4.69. The Labute approximate surface area is 175 Å². The molecule has 1 saturated heterocycles. The van der Waals surface area contributed by atoms with Crippen LogP contribution >= 0.6 is 0 Å². The van der Waals surface area contributed by atoms with Crippen molar-refractivity contribution in [1.29, 1.82) is 5.26 Å². The van der Waals surface area contributed by atoms with Crippen molar-refractivity contribution >= 4 is 22.6 Å². The van der Waals surface area contributed by atoms with Crippen LogP contribution in [0.15, 0.2) is 23.1 Å². The Kier molecular flexibility index (Phi) is 5.52. The van der Waals surface area contributed by atoms with E-state index in [1.165, 1.54) is 6.20 Å². The van der Waals surface area contributed by atoms with E-state index < -0.39 is 11.4 Å². The van der Waals surface area contributed by atoms with E-state index in [4.69, 9.17) is 5.26 Å². The van der Waals surface area contributed by atoms with E-state index in [1.807, 2.05) is 17.6 Å². The molecule has 7 heteroatoms. The minimum Gasteiger partial charge on any atom is -0.477 e. The smallest absolute Gasteiger partial charge is 0.341 e. The van der Waals surface area contributed by atoms with Gasteiger partial charge in [0.15, 0.2) is 0 Å². The molecule has 2 N–H and O–H groups in total. The second-order valence-electron chi connectivity index (χ2n) is 8.57. The third-order valence-electron chi connectivity index (χ3n) is 6.56. The summed E-state index contributed by atoms with van der Waals surface area (Å²) in [5.74, 6) is -0.669. The van der Waals surface area contributed by atoms with Crippen LogP contribution in [0, 0.1) is 24.2 Å². The number of benzene rings is 1. The number of anilines is 1. The van der Waals surface area contributed by atoms with Gasteiger partial charge in [-0.25, -0.2) is 4.79 Å². The molecule has 1 aromatic heterocycles. The van der Waals surface area contributed by atoms with Gasteiger partial charge in [-0.15, -0.1) is 0 Å². The summed E-state index contributed by atoms with van der Waals surface area (Å²) in [6, 6.07) is 6.55. The van der Waals surface area contributed by atoms with Crippen LogP contribution in [-0.4, -0.2) is 41.3 Å². The molecule has 1 aliphatic carbocycles. The maximum absolute atomic E-state index is 12.8. The third-order valence-corrected chi connectivity index (χ3v) is 6.56. The van der Waals surface area contributed by atoms with Crippen LogP contribution in [0.1, 0.15) is 54.6 Å². The molecule has 0 radical (unpaired) electrons. The number of pyridine rings is 1. The molecule has 0 bridgehead atoms. The Balaban J connectivity index is 1.67. The summed E-state index contributed by atoms with van der Waals surface area (Å²) in [5, 5.41) is 22.1. The van der Waals surface area contributed by atoms with Gasteiger partial charge in [0.2, 0.25) is 5.43 Å². The Morgan fingerprint density at radius 3 is 2.80 bits per heavy atom. The number of rotatable bonds is 7. The minimum absolute atomic E-state index is 0.153. The second-order valence-corrected chi connectivity index (χ2v) is 8.57. The number of fused-ring (bicyclic) bond motifs is 1. The first-order valence-corrected chi connectivity index (χ1v) is 10.7. The topological polar surface area (TPSA) is 98.4 Å². The van der Waals surface area contributed by atoms with Gasteiger partial charge in [-0.3, -0.25) is 4.79 Å². The van der Waals surface area contributed by atoms with Crippen LogP contribution in [0.25, 0.3) is 10.9 Å². The molecule has 2 heterocycles. The van der Waals surface area contributed by atoms with Crippen molar-refractivity contribution < 1.29 is 9.90 Å². The van der Waals surface area contributed by atoms with Gasteiger partial charge in [-0.05, 0) is 56.7 Å². The predicted molar refractivity (Wildman–Crippen MR) is 116 cm³/mol. The summed E-state index contributed by atoms with van der Waals surface area (Å²) >= 11 is 0. The summed E-state index contributed by atoms with van der Waals surface area (Å²) in [6.07, 6.45) is 5.15. The monoisotopic (exact) mass is 408 g/mol. The summed E-state index contributed by atoms with van der Waals surface area (Å²) in [5.41, 5.74) is 2.47. The van der Waals surface area contributed by atoms with Crippen LogP contribution in [-0.2, 0) is 0 Å². The zero-order chi connectivity index (χ0) is 21.4. The lowest BCUT2D eigenvalue weighted by atomic mass is 10.0. The van der Waals surface area contributed by atoms with E-state index in [0.717, 1.165) is 49.1 Å². The van der Waals surface area contributed by atoms with Gasteiger partial charge in [0.05, 0.1) is 11.6 Å². The van der Waals surface area contributed by atoms with Crippen molar-refractivity contribution in [3.63, 3.8) is 0 Å². The Bertz CT molecular complexity index is 1080. The van der Waals surface area contributed by atoms with Crippen LogP contribution < -0.4 is 15.6 Å². The van der Waals surface area contributed by atoms with Crippen molar-refractivity contribution in [3.05, 3.63) is 39.7 Å². The zero-order valence-electron chi connectivity index (χ0n) is 17.5. The van der Waals surface area contributed by atoms with Crippen LogP contribution in [0.5, 0.6) is 0 Å². The second kappa shape index (κ2) is 8.11. The molecular weight excluding hydrogens is 380 g/mol. The molecule has 2 aliphatic rings. The van der Waals surface area contributed by atoms with E-state index in [0.29, 0.717) is 30.3 Å². The number of carbonyl (C=O) groups is 1. The molecule has 1 aromatic carbocycles. The van der Waals surface area contributed by atoms with Gasteiger partial charge in [0.1, 0.15) is 5.56 Å². The molecule has 1 saturated carbocycles. The Morgan fingerprint density at radius 2 is 2.13 bits per heavy atom. The average molecular weight is 409 g/mol. The first-order valence-electron chi connectivity index (χ1n) is 10.7. The summed E-state index contributed by atoms with van der Waals surface area (Å²) < 4.78 is 2.01. The quantitative estimate of drug-likeness (QED) is 0.683. The largest absolute Gasteiger partial charge is 0.477 e. The summed E-state index contributed by atoms with van der Waals surface area (Å²) in [6.45, 7) is 6.80. The van der Waals surface area contributed by atoms with E-state index >= 15 is 0 Å². The number of nitrogens with zero attached hydrogens (tertiary/aromatic N) is 3. The Hall–Kier alpha value is -2.85. The molecular formula is C23H28N4O3. The normalized spacial score (nSPS) is 19.8. The fourth-order valence-electron chi connectivity index (χ4n) is 4.69. The highest BCUT2D eigenvalue weighted by Gasteiger charge is 2.31. The van der Waals surface area contributed by atoms with E-state index in [1.54, 1.807) is 6.07 Å². The number of hydrogen-bond donors (Lipinski definition) is 2. The fraction of sp³-hybridized carbons (Fsp3) is 0.522. The molecule has 2 atom stereocenters. The number of aromatic carboxylic acids is 1. The SMILES string of the molecule is Cc1c(N2CCC(C(C)NCCC#N)C2)ccc2c(=O)c(C(=O)O)cn(C3CC3)c12. The lowest BCUT2D eigenvalue weighted by molar-refractivity contribution is 0.0695. The first-order chi connectivity index (χ1) is 14.4. The standard InChI is InChI=1S/C23H28N4O3/c1-14-20(26-11-8-16(12-26)15(2)25-10-3-9-24)7-6-18-21(14)27(17-4-5-17)13-19(22(18)28)23(29)30/h6-7,13,15-17,25H,3-5,8,10-12H2,1-2H3,(H,29,30). The van der Waals surface area contributed by atoms with Gasteiger partial charge in [-0.2, -0.15) is 5.26 Å². The molecule has 7 nitrogen and oxygen atoms in total. The molecule has 4 rings (SSSR count).